The summed E-state index contributed by atoms with van der Waals surface area (Å²) in [7, 11) is 1.63. The van der Waals surface area contributed by atoms with Crippen LogP contribution in [-0.2, 0) is 11.2 Å². The van der Waals surface area contributed by atoms with Gasteiger partial charge in [0.15, 0.2) is 0 Å². The van der Waals surface area contributed by atoms with E-state index in [-0.39, 0.29) is 5.91 Å². The summed E-state index contributed by atoms with van der Waals surface area (Å²) < 4.78 is 5.25. The van der Waals surface area contributed by atoms with Gasteiger partial charge in [-0.25, -0.2) is 0 Å². The molecule has 1 N–H and O–H groups in total. The Morgan fingerprint density at radius 3 is 2.74 bits per heavy atom. The predicted octanol–water partition coefficient (Wildman–Crippen LogP) is 2.89. The largest absolute Gasteiger partial charge is 0.496 e. The van der Waals surface area contributed by atoms with Crippen LogP contribution in [0.5, 0.6) is 5.75 Å². The summed E-state index contributed by atoms with van der Waals surface area (Å²) >= 11 is 0. The number of carbonyl (C=O) groups excluding carboxylic acids is 1. The number of aryl methyl sites for hydroxylation is 1. The van der Waals surface area contributed by atoms with Gasteiger partial charge in [-0.3, -0.25) is 4.79 Å². The van der Waals surface area contributed by atoms with E-state index < -0.39 is 5.41 Å². The van der Waals surface area contributed by atoms with E-state index in [1.54, 1.807) is 13.2 Å². The molecule has 0 atom stereocenters. The summed E-state index contributed by atoms with van der Waals surface area (Å²) in [5.41, 5.74) is 0.954. The Balaban J connectivity index is 2.16. The zero-order chi connectivity index (χ0) is 13.9. The zero-order valence-electron chi connectivity index (χ0n) is 11.3. The molecule has 2 rings (SSSR count). The van der Waals surface area contributed by atoms with Crippen molar-refractivity contribution in [1.82, 2.24) is 0 Å². The number of nitriles is 1. The molecule has 4 heteroatoms. The monoisotopic (exact) mass is 258 g/mol. The Morgan fingerprint density at radius 1 is 1.53 bits per heavy atom. The van der Waals surface area contributed by atoms with Crippen molar-refractivity contribution in [2.75, 3.05) is 12.4 Å². The first kappa shape index (κ1) is 13.4. The quantitative estimate of drug-likeness (QED) is 0.903. The van der Waals surface area contributed by atoms with Gasteiger partial charge in [0.2, 0.25) is 5.91 Å². The summed E-state index contributed by atoms with van der Waals surface area (Å²) in [5.74, 6) is 0.632. The van der Waals surface area contributed by atoms with Crippen LogP contribution < -0.4 is 10.1 Å². The highest BCUT2D eigenvalue weighted by Gasteiger charge is 2.44. The first-order chi connectivity index (χ1) is 9.15. The van der Waals surface area contributed by atoms with Gasteiger partial charge < -0.3 is 10.1 Å². The van der Waals surface area contributed by atoms with Gasteiger partial charge in [-0.1, -0.05) is 6.92 Å². The van der Waals surface area contributed by atoms with Crippen LogP contribution in [0.2, 0.25) is 0 Å². The number of anilines is 1. The summed E-state index contributed by atoms with van der Waals surface area (Å²) in [6, 6.07) is 7.70. The van der Waals surface area contributed by atoms with E-state index in [0.29, 0.717) is 12.8 Å². The lowest BCUT2D eigenvalue weighted by atomic mass is 9.69. The molecule has 1 aromatic carbocycles. The van der Waals surface area contributed by atoms with E-state index >= 15 is 0 Å². The maximum Gasteiger partial charge on any atom is 0.244 e. The Labute approximate surface area is 113 Å². The smallest absolute Gasteiger partial charge is 0.244 e. The van der Waals surface area contributed by atoms with Crippen molar-refractivity contribution in [3.8, 4) is 11.8 Å². The molecule has 0 unspecified atom stereocenters. The Bertz CT molecular complexity index is 527. The van der Waals surface area contributed by atoms with Crippen LogP contribution in [-0.4, -0.2) is 13.0 Å². The lowest BCUT2D eigenvalue weighted by molar-refractivity contribution is -0.126. The molecule has 1 amide bonds. The first-order valence-electron chi connectivity index (χ1n) is 6.55. The molecule has 1 aliphatic rings. The number of nitrogens with one attached hydrogen (secondary N) is 1. The third kappa shape index (κ3) is 2.41. The van der Waals surface area contributed by atoms with Gasteiger partial charge in [-0.05, 0) is 49.4 Å². The SMILES string of the molecule is CCc1cc(NC(=O)C2(C#N)CCC2)ccc1OC. The summed E-state index contributed by atoms with van der Waals surface area (Å²) in [4.78, 5) is 12.1. The second-order valence-corrected chi connectivity index (χ2v) is 4.88. The van der Waals surface area contributed by atoms with Gasteiger partial charge in [0.05, 0.1) is 13.2 Å². The van der Waals surface area contributed by atoms with Gasteiger partial charge in [0, 0.05) is 5.69 Å². The Kier molecular flexibility index (Phi) is 3.75. The second-order valence-electron chi connectivity index (χ2n) is 4.88. The van der Waals surface area contributed by atoms with E-state index in [1.165, 1.54) is 0 Å². The van der Waals surface area contributed by atoms with Crippen molar-refractivity contribution in [1.29, 1.82) is 5.26 Å². The molecule has 1 fully saturated rings. The maximum atomic E-state index is 12.1. The van der Waals surface area contributed by atoms with Crippen LogP contribution in [0.15, 0.2) is 18.2 Å². The standard InChI is InChI=1S/C15H18N2O2/c1-3-11-9-12(5-6-13(11)19-2)17-14(18)15(10-16)7-4-8-15/h5-6,9H,3-4,7-8H2,1-2H3,(H,17,18). The molecule has 19 heavy (non-hydrogen) atoms. The normalized spacial score (nSPS) is 16.1. The number of amides is 1. The molecule has 1 saturated carbocycles. The van der Waals surface area contributed by atoms with Crippen molar-refractivity contribution < 1.29 is 9.53 Å². The molecule has 0 spiro atoms. The topological polar surface area (TPSA) is 62.1 Å². The summed E-state index contributed by atoms with van der Waals surface area (Å²) in [6.07, 6.45) is 3.10. The minimum atomic E-state index is -0.813. The number of ether oxygens (including phenoxy) is 1. The molecule has 0 heterocycles. The van der Waals surface area contributed by atoms with Crippen LogP contribution in [0, 0.1) is 16.7 Å². The molecule has 0 saturated heterocycles. The van der Waals surface area contributed by atoms with Crippen LogP contribution in [0.25, 0.3) is 0 Å². The number of hydrogen-bond acceptors (Lipinski definition) is 3. The van der Waals surface area contributed by atoms with Crippen LogP contribution in [0.1, 0.15) is 31.7 Å². The lowest BCUT2D eigenvalue weighted by Gasteiger charge is -2.33. The fraction of sp³-hybridized carbons (Fsp3) is 0.467. The third-order valence-electron chi connectivity index (χ3n) is 3.77. The van der Waals surface area contributed by atoms with Crippen molar-refractivity contribution in [2.45, 2.75) is 32.6 Å². The van der Waals surface area contributed by atoms with Gasteiger partial charge in [-0.2, -0.15) is 5.26 Å². The third-order valence-corrected chi connectivity index (χ3v) is 3.77. The minimum Gasteiger partial charge on any atom is -0.496 e. The van der Waals surface area contributed by atoms with Gasteiger partial charge >= 0.3 is 0 Å². The van der Waals surface area contributed by atoms with E-state index in [0.717, 1.165) is 29.8 Å². The van der Waals surface area contributed by atoms with Gasteiger partial charge in [-0.15, -0.1) is 0 Å². The highest BCUT2D eigenvalue weighted by molar-refractivity contribution is 5.98. The van der Waals surface area contributed by atoms with E-state index in [4.69, 9.17) is 10.00 Å². The highest BCUT2D eigenvalue weighted by atomic mass is 16.5. The average molecular weight is 258 g/mol. The van der Waals surface area contributed by atoms with Gasteiger partial charge in [0.1, 0.15) is 11.2 Å². The maximum absolute atomic E-state index is 12.1. The lowest BCUT2D eigenvalue weighted by Crippen LogP contribution is -2.40. The number of nitrogens with zero attached hydrogens (tertiary/aromatic N) is 1. The second kappa shape index (κ2) is 5.31. The summed E-state index contributed by atoms with van der Waals surface area (Å²) in [5, 5.41) is 12.0. The number of carbonyl (C=O) groups is 1. The van der Waals surface area contributed by atoms with E-state index in [1.807, 2.05) is 19.1 Å². The molecule has 1 aromatic rings. The summed E-state index contributed by atoms with van der Waals surface area (Å²) in [6.45, 7) is 2.03. The fourth-order valence-corrected chi connectivity index (χ4v) is 2.30. The van der Waals surface area contributed by atoms with E-state index in [2.05, 4.69) is 11.4 Å². The van der Waals surface area contributed by atoms with E-state index in [9.17, 15) is 4.79 Å². The Hall–Kier alpha value is -2.02. The molecule has 4 nitrogen and oxygen atoms in total. The predicted molar refractivity (Wildman–Crippen MR) is 72.9 cm³/mol. The number of methoxy groups -OCH3 is 1. The van der Waals surface area contributed by atoms with Crippen molar-refractivity contribution >= 4 is 11.6 Å². The van der Waals surface area contributed by atoms with Crippen molar-refractivity contribution in [3.63, 3.8) is 0 Å². The van der Waals surface area contributed by atoms with Crippen LogP contribution >= 0.6 is 0 Å². The molecule has 0 aliphatic heterocycles. The van der Waals surface area contributed by atoms with Crippen LogP contribution in [0.3, 0.4) is 0 Å². The molecule has 100 valence electrons. The van der Waals surface area contributed by atoms with Crippen LogP contribution in [0.4, 0.5) is 5.69 Å². The first-order valence-corrected chi connectivity index (χ1v) is 6.55. The van der Waals surface area contributed by atoms with Crippen molar-refractivity contribution in [2.24, 2.45) is 5.41 Å². The highest BCUT2D eigenvalue weighted by Crippen LogP contribution is 2.41. The number of rotatable bonds is 4. The Morgan fingerprint density at radius 2 is 2.26 bits per heavy atom. The van der Waals surface area contributed by atoms with Crippen molar-refractivity contribution in [3.05, 3.63) is 23.8 Å². The molecule has 1 aliphatic carbocycles. The molecule has 0 radical (unpaired) electrons. The molecule has 0 aromatic heterocycles. The molecular weight excluding hydrogens is 240 g/mol. The minimum absolute atomic E-state index is 0.187. The number of benzene rings is 1. The molecule has 0 bridgehead atoms. The average Bonchev–Trinajstić information content (AvgIpc) is 2.38. The zero-order valence-corrected chi connectivity index (χ0v) is 11.3. The van der Waals surface area contributed by atoms with Gasteiger partial charge in [0.25, 0.3) is 0 Å². The fourth-order valence-electron chi connectivity index (χ4n) is 2.30. The molecular formula is C15H18N2O2. The number of hydrogen-bond donors (Lipinski definition) is 1.